The van der Waals surface area contributed by atoms with Gasteiger partial charge in [0.25, 0.3) is 0 Å². The quantitative estimate of drug-likeness (QED) is 0.304. The van der Waals surface area contributed by atoms with Crippen LogP contribution in [0.25, 0.3) is 17.2 Å². The van der Waals surface area contributed by atoms with Gasteiger partial charge in [-0.3, -0.25) is 4.79 Å². The highest BCUT2D eigenvalue weighted by molar-refractivity contribution is 6.07. The summed E-state index contributed by atoms with van der Waals surface area (Å²) < 4.78 is 10.5. The lowest BCUT2D eigenvalue weighted by Gasteiger charge is -2.04. The molecule has 0 unspecified atom stereocenters. The second-order valence-corrected chi connectivity index (χ2v) is 6.73. The topological polar surface area (TPSA) is 65.2 Å². The Morgan fingerprint density at radius 3 is 2.30 bits per heavy atom. The molecule has 0 aliphatic rings. The number of ketones is 1. The number of allylic oxidation sites excluding steroid dienone is 1. The van der Waals surface area contributed by atoms with E-state index in [2.05, 4.69) is 10.1 Å². The second kappa shape index (κ2) is 9.01. The summed E-state index contributed by atoms with van der Waals surface area (Å²) in [5.41, 5.74) is 3.78. The molecule has 0 aliphatic heterocycles. The molecule has 0 saturated heterocycles. The van der Waals surface area contributed by atoms with Gasteiger partial charge in [-0.25, -0.2) is 0 Å². The van der Waals surface area contributed by atoms with Gasteiger partial charge < -0.3 is 9.26 Å². The van der Waals surface area contributed by atoms with Gasteiger partial charge in [0, 0.05) is 12.5 Å². The Labute approximate surface area is 174 Å². The Morgan fingerprint density at radius 2 is 1.63 bits per heavy atom. The normalized spacial score (nSPS) is 11.0. The van der Waals surface area contributed by atoms with Crippen LogP contribution in [0.4, 0.5) is 0 Å². The van der Waals surface area contributed by atoms with E-state index < -0.39 is 0 Å². The van der Waals surface area contributed by atoms with Crippen LogP contribution in [0.5, 0.6) is 5.75 Å². The predicted octanol–water partition coefficient (Wildman–Crippen LogP) is 5.52. The lowest BCUT2D eigenvalue weighted by atomic mass is 10.0. The zero-order valence-corrected chi connectivity index (χ0v) is 16.5. The number of carbonyl (C=O) groups is 1. The molecule has 0 aliphatic carbocycles. The number of nitrogens with zero attached hydrogens (tertiary/aromatic N) is 2. The third-order valence-electron chi connectivity index (χ3n) is 4.52. The van der Waals surface area contributed by atoms with Crippen molar-refractivity contribution in [2.24, 2.45) is 0 Å². The molecule has 5 heteroatoms. The summed E-state index contributed by atoms with van der Waals surface area (Å²) in [6, 6.07) is 25.2. The van der Waals surface area contributed by atoms with Gasteiger partial charge >= 0.3 is 0 Å². The van der Waals surface area contributed by atoms with Crippen LogP contribution < -0.4 is 4.74 Å². The molecule has 4 aromatic rings. The third-order valence-corrected chi connectivity index (χ3v) is 4.52. The molecule has 0 bridgehead atoms. The Balaban J connectivity index is 1.35. The van der Waals surface area contributed by atoms with E-state index in [1.54, 1.807) is 19.1 Å². The van der Waals surface area contributed by atoms with E-state index >= 15 is 0 Å². The summed E-state index contributed by atoms with van der Waals surface area (Å²) >= 11 is 0. The molecule has 1 aromatic heterocycles. The van der Waals surface area contributed by atoms with E-state index in [1.165, 1.54) is 0 Å². The van der Waals surface area contributed by atoms with E-state index in [9.17, 15) is 4.79 Å². The molecule has 5 nitrogen and oxygen atoms in total. The maximum absolute atomic E-state index is 12.5. The van der Waals surface area contributed by atoms with Gasteiger partial charge in [-0.05, 0) is 34.9 Å². The molecule has 4 rings (SSSR count). The van der Waals surface area contributed by atoms with Crippen molar-refractivity contribution in [1.29, 1.82) is 0 Å². The highest BCUT2D eigenvalue weighted by atomic mass is 16.5. The van der Waals surface area contributed by atoms with Gasteiger partial charge in [0.2, 0.25) is 11.7 Å². The molecular formula is C25H20N2O3. The molecule has 1 heterocycles. The van der Waals surface area contributed by atoms with Gasteiger partial charge in [-0.2, -0.15) is 4.98 Å². The van der Waals surface area contributed by atoms with E-state index in [4.69, 9.17) is 9.26 Å². The maximum atomic E-state index is 12.5. The van der Waals surface area contributed by atoms with Crippen LogP contribution in [0.3, 0.4) is 0 Å². The molecule has 0 saturated carbocycles. The van der Waals surface area contributed by atoms with E-state index in [0.717, 1.165) is 16.7 Å². The summed E-state index contributed by atoms with van der Waals surface area (Å²) in [6.45, 7) is 1.97. The first-order valence-corrected chi connectivity index (χ1v) is 9.57. The highest BCUT2D eigenvalue weighted by Gasteiger charge is 2.04. The summed E-state index contributed by atoms with van der Waals surface area (Å²) in [6.07, 6.45) is 3.37. The molecule has 3 aromatic carbocycles. The number of hydrogen-bond donors (Lipinski definition) is 0. The van der Waals surface area contributed by atoms with Crippen molar-refractivity contribution in [3.05, 3.63) is 108 Å². The van der Waals surface area contributed by atoms with Gasteiger partial charge in [0.05, 0.1) is 0 Å². The first kappa shape index (κ1) is 19.3. The van der Waals surface area contributed by atoms with Crippen molar-refractivity contribution < 1.29 is 14.1 Å². The molecule has 0 fully saturated rings. The minimum absolute atomic E-state index is 0.0394. The molecular weight excluding hydrogens is 376 g/mol. The first-order valence-electron chi connectivity index (χ1n) is 9.57. The maximum Gasteiger partial charge on any atom is 0.223 e. The Bertz CT molecular complexity index is 1150. The molecule has 0 N–H and O–H groups in total. The number of carbonyl (C=O) groups excluding carboxylic acids is 1. The van der Waals surface area contributed by atoms with Crippen LogP contribution in [0.1, 0.15) is 27.6 Å². The predicted molar refractivity (Wildman–Crippen MR) is 115 cm³/mol. The molecule has 0 spiro atoms. The van der Waals surface area contributed by atoms with Crippen molar-refractivity contribution >= 4 is 11.9 Å². The zero-order chi connectivity index (χ0) is 20.8. The first-order chi connectivity index (χ1) is 14.7. The monoisotopic (exact) mass is 396 g/mol. The van der Waals surface area contributed by atoms with E-state index in [-0.39, 0.29) is 12.4 Å². The van der Waals surface area contributed by atoms with Gasteiger partial charge in [0.15, 0.2) is 12.4 Å². The van der Waals surface area contributed by atoms with Crippen molar-refractivity contribution in [3.63, 3.8) is 0 Å². The molecule has 0 atom stereocenters. The van der Waals surface area contributed by atoms with E-state index in [0.29, 0.717) is 23.0 Å². The smallest absolute Gasteiger partial charge is 0.223 e. The van der Waals surface area contributed by atoms with Crippen molar-refractivity contribution in [2.75, 3.05) is 0 Å². The standard InChI is InChI=1S/C25H20N2O3/c1-18-26-25(27-30-18)17-29-23-14-7-19(8-15-23)9-16-24(28)22-12-10-21(11-13-22)20-5-3-2-4-6-20/h2-16H,17H2,1H3. The SMILES string of the molecule is Cc1nc(COc2ccc(C=CC(=O)c3ccc(-c4ccccc4)cc3)cc2)no1. The molecule has 148 valence electrons. The molecule has 0 radical (unpaired) electrons. The summed E-state index contributed by atoms with van der Waals surface area (Å²) in [5, 5.41) is 3.79. The zero-order valence-electron chi connectivity index (χ0n) is 16.5. The van der Waals surface area contributed by atoms with Crippen LogP contribution in [-0.4, -0.2) is 15.9 Å². The Morgan fingerprint density at radius 1 is 0.933 bits per heavy atom. The Kier molecular flexibility index (Phi) is 5.80. The van der Waals surface area contributed by atoms with Gasteiger partial charge in [0.1, 0.15) is 5.75 Å². The molecule has 30 heavy (non-hydrogen) atoms. The number of hydrogen-bond acceptors (Lipinski definition) is 5. The summed E-state index contributed by atoms with van der Waals surface area (Å²) in [7, 11) is 0. The minimum atomic E-state index is -0.0394. The molecule has 0 amide bonds. The third kappa shape index (κ3) is 4.89. The minimum Gasteiger partial charge on any atom is -0.485 e. The largest absolute Gasteiger partial charge is 0.485 e. The fraction of sp³-hybridized carbons (Fsp3) is 0.0800. The van der Waals surface area contributed by atoms with Crippen LogP contribution >= 0.6 is 0 Å². The van der Waals surface area contributed by atoms with Crippen molar-refractivity contribution in [2.45, 2.75) is 13.5 Å². The van der Waals surface area contributed by atoms with E-state index in [1.807, 2.05) is 78.9 Å². The number of ether oxygens (including phenoxy) is 1. The summed E-state index contributed by atoms with van der Waals surface area (Å²) in [5.74, 6) is 1.66. The average molecular weight is 396 g/mol. The highest BCUT2D eigenvalue weighted by Crippen LogP contribution is 2.20. The van der Waals surface area contributed by atoms with Gasteiger partial charge in [-0.15, -0.1) is 0 Å². The fourth-order valence-electron chi connectivity index (χ4n) is 2.95. The van der Waals surface area contributed by atoms with Crippen LogP contribution in [0.2, 0.25) is 0 Å². The second-order valence-electron chi connectivity index (χ2n) is 6.73. The van der Waals surface area contributed by atoms with Crippen molar-refractivity contribution in [1.82, 2.24) is 10.1 Å². The Hall–Kier alpha value is -3.99. The number of rotatable bonds is 7. The number of aromatic nitrogens is 2. The lowest BCUT2D eigenvalue weighted by molar-refractivity contribution is 0.104. The number of benzene rings is 3. The average Bonchev–Trinajstić information content (AvgIpc) is 3.22. The fourth-order valence-corrected chi connectivity index (χ4v) is 2.95. The number of aryl methyl sites for hydroxylation is 1. The summed E-state index contributed by atoms with van der Waals surface area (Å²) in [4.78, 5) is 16.6. The van der Waals surface area contributed by atoms with Crippen LogP contribution in [0.15, 0.2) is 89.5 Å². The van der Waals surface area contributed by atoms with Crippen LogP contribution in [-0.2, 0) is 6.61 Å². The lowest BCUT2D eigenvalue weighted by Crippen LogP contribution is -1.97. The van der Waals surface area contributed by atoms with Crippen LogP contribution in [0, 0.1) is 6.92 Å². The van der Waals surface area contributed by atoms with Gasteiger partial charge in [-0.1, -0.05) is 78.0 Å². The van der Waals surface area contributed by atoms with Crippen molar-refractivity contribution in [3.8, 4) is 16.9 Å².